The lowest BCUT2D eigenvalue weighted by Gasteiger charge is -2.06. The molecule has 1 aromatic carbocycles. The molecule has 0 radical (unpaired) electrons. The van der Waals surface area contributed by atoms with Gasteiger partial charge in [0.05, 0.1) is 23.9 Å². The Morgan fingerprint density at radius 1 is 1.29 bits per heavy atom. The van der Waals surface area contributed by atoms with Crippen LogP contribution in [0, 0.1) is 10.1 Å². The molecule has 0 aliphatic heterocycles. The van der Waals surface area contributed by atoms with Crippen LogP contribution >= 0.6 is 0 Å². The van der Waals surface area contributed by atoms with Gasteiger partial charge in [-0.15, -0.1) is 0 Å². The van der Waals surface area contributed by atoms with E-state index in [1.807, 2.05) is 18.2 Å². The molecular weight excluding hydrogens is 364 g/mol. The Labute approximate surface area is 158 Å². The molecule has 0 fully saturated rings. The van der Waals surface area contributed by atoms with E-state index in [-0.39, 0.29) is 22.7 Å². The number of fused-ring (bicyclic) bond motifs is 1. The summed E-state index contributed by atoms with van der Waals surface area (Å²) < 4.78 is 12.2. The molecule has 0 saturated heterocycles. The van der Waals surface area contributed by atoms with Crippen LogP contribution in [0.15, 0.2) is 64.3 Å². The van der Waals surface area contributed by atoms with Crippen molar-refractivity contribution in [2.24, 2.45) is 4.99 Å². The van der Waals surface area contributed by atoms with Gasteiger partial charge in [-0.1, -0.05) is 6.07 Å². The number of aliphatic imine (C=N–C) groups is 1. The SMILES string of the molecule is COc1c(O)ccc(C=Nc2c(-c3ccco3)nc3ccccn23)c1[N+](=O)[O-]. The maximum absolute atomic E-state index is 11.5. The molecule has 0 unspecified atom stereocenters. The number of nitro groups is 1. The lowest BCUT2D eigenvalue weighted by Crippen LogP contribution is -1.99. The molecule has 4 rings (SSSR count). The Hall–Kier alpha value is -4.14. The number of ether oxygens (including phenoxy) is 1. The van der Waals surface area contributed by atoms with Crippen molar-refractivity contribution in [3.05, 3.63) is 70.6 Å². The molecule has 0 saturated carbocycles. The van der Waals surface area contributed by atoms with E-state index in [2.05, 4.69) is 9.98 Å². The molecule has 0 amide bonds. The summed E-state index contributed by atoms with van der Waals surface area (Å²) in [6, 6.07) is 11.7. The number of furan rings is 1. The van der Waals surface area contributed by atoms with Crippen molar-refractivity contribution in [3.8, 4) is 23.0 Å². The topological polar surface area (TPSA) is 115 Å². The predicted octanol–water partition coefficient (Wildman–Crippen LogP) is 3.97. The molecule has 1 N–H and O–H groups in total. The highest BCUT2D eigenvalue weighted by Crippen LogP contribution is 2.38. The van der Waals surface area contributed by atoms with Crippen molar-refractivity contribution in [1.82, 2.24) is 9.38 Å². The Balaban J connectivity index is 1.89. The third-order valence-corrected chi connectivity index (χ3v) is 4.11. The molecule has 0 aliphatic carbocycles. The number of nitro benzene ring substituents is 1. The van der Waals surface area contributed by atoms with E-state index in [4.69, 9.17) is 9.15 Å². The molecule has 0 aliphatic rings. The summed E-state index contributed by atoms with van der Waals surface area (Å²) in [7, 11) is 1.25. The van der Waals surface area contributed by atoms with E-state index in [0.717, 1.165) is 0 Å². The minimum absolute atomic E-state index is 0.177. The molecule has 0 bridgehead atoms. The first kappa shape index (κ1) is 17.3. The van der Waals surface area contributed by atoms with Gasteiger partial charge in [0.25, 0.3) is 0 Å². The molecule has 9 nitrogen and oxygen atoms in total. The summed E-state index contributed by atoms with van der Waals surface area (Å²) in [6.45, 7) is 0. The van der Waals surface area contributed by atoms with Gasteiger partial charge in [0, 0.05) is 12.4 Å². The van der Waals surface area contributed by atoms with Crippen LogP contribution in [0.25, 0.3) is 17.1 Å². The van der Waals surface area contributed by atoms with Gasteiger partial charge in [-0.05, 0) is 36.4 Å². The molecule has 0 spiro atoms. The van der Waals surface area contributed by atoms with Gasteiger partial charge in [0.1, 0.15) is 5.65 Å². The molecule has 0 atom stereocenters. The van der Waals surface area contributed by atoms with E-state index < -0.39 is 4.92 Å². The number of benzene rings is 1. The van der Waals surface area contributed by atoms with E-state index in [1.54, 1.807) is 22.7 Å². The molecule has 28 heavy (non-hydrogen) atoms. The van der Waals surface area contributed by atoms with Crippen LogP contribution in [0.2, 0.25) is 0 Å². The van der Waals surface area contributed by atoms with Gasteiger partial charge in [0.15, 0.2) is 23.0 Å². The number of methoxy groups -OCH3 is 1. The Morgan fingerprint density at radius 2 is 2.14 bits per heavy atom. The Kier molecular flexibility index (Phi) is 4.24. The number of hydrogen-bond acceptors (Lipinski definition) is 7. The maximum Gasteiger partial charge on any atom is 0.323 e. The van der Waals surface area contributed by atoms with Crippen molar-refractivity contribution >= 4 is 23.4 Å². The van der Waals surface area contributed by atoms with Crippen LogP contribution in [0.4, 0.5) is 11.5 Å². The second-order valence-corrected chi connectivity index (χ2v) is 5.76. The summed E-state index contributed by atoms with van der Waals surface area (Å²) >= 11 is 0. The first-order valence-corrected chi connectivity index (χ1v) is 8.19. The second-order valence-electron chi connectivity index (χ2n) is 5.76. The zero-order valence-corrected chi connectivity index (χ0v) is 14.6. The number of rotatable bonds is 5. The predicted molar refractivity (Wildman–Crippen MR) is 101 cm³/mol. The zero-order valence-electron chi connectivity index (χ0n) is 14.6. The van der Waals surface area contributed by atoms with Crippen LogP contribution in [0.3, 0.4) is 0 Å². The largest absolute Gasteiger partial charge is 0.504 e. The fourth-order valence-corrected chi connectivity index (χ4v) is 2.89. The van der Waals surface area contributed by atoms with Gasteiger partial charge in [-0.3, -0.25) is 14.5 Å². The number of phenolic OH excluding ortho intramolecular Hbond substituents is 1. The highest BCUT2D eigenvalue weighted by Gasteiger charge is 2.24. The molecular formula is C19H14N4O5. The highest BCUT2D eigenvalue weighted by molar-refractivity contribution is 5.91. The lowest BCUT2D eigenvalue weighted by atomic mass is 10.1. The average Bonchev–Trinajstić information content (AvgIpc) is 3.34. The monoisotopic (exact) mass is 378 g/mol. The molecule has 3 aromatic heterocycles. The fraction of sp³-hybridized carbons (Fsp3) is 0.0526. The van der Waals surface area contributed by atoms with Crippen molar-refractivity contribution in [2.45, 2.75) is 0 Å². The van der Waals surface area contributed by atoms with Crippen molar-refractivity contribution < 1.29 is 19.2 Å². The number of hydrogen-bond donors (Lipinski definition) is 1. The third kappa shape index (κ3) is 2.84. The minimum Gasteiger partial charge on any atom is -0.504 e. The van der Waals surface area contributed by atoms with Crippen LogP contribution in [0.5, 0.6) is 11.5 Å². The quantitative estimate of drug-likeness (QED) is 0.319. The van der Waals surface area contributed by atoms with Crippen molar-refractivity contribution in [2.75, 3.05) is 7.11 Å². The second kappa shape index (κ2) is 6.88. The van der Waals surface area contributed by atoms with Crippen LogP contribution in [-0.4, -0.2) is 32.7 Å². The number of pyridine rings is 1. The van der Waals surface area contributed by atoms with Crippen LogP contribution < -0.4 is 4.74 Å². The molecule has 3 heterocycles. The summed E-state index contributed by atoms with van der Waals surface area (Å²) in [4.78, 5) is 19.9. The number of aromatic nitrogens is 2. The normalized spacial score (nSPS) is 11.3. The third-order valence-electron chi connectivity index (χ3n) is 4.11. The zero-order chi connectivity index (χ0) is 19.7. The van der Waals surface area contributed by atoms with E-state index in [0.29, 0.717) is 22.9 Å². The average molecular weight is 378 g/mol. The van der Waals surface area contributed by atoms with E-state index in [9.17, 15) is 15.2 Å². The van der Waals surface area contributed by atoms with Crippen molar-refractivity contribution in [3.63, 3.8) is 0 Å². The maximum atomic E-state index is 11.5. The van der Waals surface area contributed by atoms with Gasteiger partial charge >= 0.3 is 5.69 Å². The fourth-order valence-electron chi connectivity index (χ4n) is 2.89. The first-order valence-electron chi connectivity index (χ1n) is 8.19. The standard InChI is InChI=1S/C19H14N4O5/c1-27-18-13(24)8-7-12(17(18)23(25)26)11-20-19-16(14-5-4-10-28-14)21-15-6-2-3-9-22(15)19/h2-11,24H,1H3. The summed E-state index contributed by atoms with van der Waals surface area (Å²) in [5.74, 6) is 0.427. The molecule has 140 valence electrons. The van der Waals surface area contributed by atoms with Gasteiger partial charge in [-0.2, -0.15) is 0 Å². The Bertz CT molecular complexity index is 1190. The van der Waals surface area contributed by atoms with Gasteiger partial charge < -0.3 is 14.3 Å². The first-order chi connectivity index (χ1) is 13.6. The number of aromatic hydroxyl groups is 1. The molecule has 9 heteroatoms. The Morgan fingerprint density at radius 3 is 2.86 bits per heavy atom. The number of imidazole rings is 1. The lowest BCUT2D eigenvalue weighted by molar-refractivity contribution is -0.385. The van der Waals surface area contributed by atoms with Crippen LogP contribution in [0.1, 0.15) is 5.56 Å². The summed E-state index contributed by atoms with van der Waals surface area (Å²) in [6.07, 6.45) is 4.65. The molecule has 4 aromatic rings. The van der Waals surface area contributed by atoms with Crippen LogP contribution in [-0.2, 0) is 0 Å². The summed E-state index contributed by atoms with van der Waals surface area (Å²) in [5.41, 5.74) is 0.954. The van der Waals surface area contributed by atoms with E-state index >= 15 is 0 Å². The van der Waals surface area contributed by atoms with Crippen molar-refractivity contribution in [1.29, 1.82) is 0 Å². The minimum atomic E-state index is -0.623. The highest BCUT2D eigenvalue weighted by atomic mass is 16.6. The van der Waals surface area contributed by atoms with E-state index in [1.165, 1.54) is 31.7 Å². The van der Waals surface area contributed by atoms with Gasteiger partial charge in [-0.25, -0.2) is 9.98 Å². The number of nitrogens with zero attached hydrogens (tertiary/aromatic N) is 4. The summed E-state index contributed by atoms with van der Waals surface area (Å²) in [5, 5.41) is 21.3. The smallest absolute Gasteiger partial charge is 0.323 e. The number of phenols is 1. The van der Waals surface area contributed by atoms with Gasteiger partial charge in [0.2, 0.25) is 5.75 Å².